The second kappa shape index (κ2) is 5.72. The first-order valence-corrected chi connectivity index (χ1v) is 8.29. The number of methoxy groups -OCH3 is 1. The maximum Gasteiger partial charge on any atom is 0.407 e. The van der Waals surface area contributed by atoms with Gasteiger partial charge in [-0.3, -0.25) is 0 Å². The van der Waals surface area contributed by atoms with Gasteiger partial charge in [-0.15, -0.1) is 0 Å². The van der Waals surface area contributed by atoms with E-state index in [1.807, 2.05) is 6.07 Å². The lowest BCUT2D eigenvalue weighted by Gasteiger charge is -2.39. The average molecular weight is 334 g/mol. The lowest BCUT2D eigenvalue weighted by molar-refractivity contribution is 0.151. The van der Waals surface area contributed by atoms with Gasteiger partial charge >= 0.3 is 6.09 Å². The molecule has 2 saturated heterocycles. The van der Waals surface area contributed by atoms with Gasteiger partial charge in [-0.1, -0.05) is 20.8 Å². The molecule has 1 amide bonds. The highest BCUT2D eigenvalue weighted by Gasteiger charge is 2.51. The van der Waals surface area contributed by atoms with E-state index in [4.69, 9.17) is 10.5 Å². The zero-order chi connectivity index (χ0) is 17.6. The third-order valence-corrected chi connectivity index (χ3v) is 5.23. The van der Waals surface area contributed by atoms with Gasteiger partial charge in [0, 0.05) is 25.0 Å². The molecule has 0 aliphatic carbocycles. The van der Waals surface area contributed by atoms with E-state index in [-0.39, 0.29) is 11.5 Å². The van der Waals surface area contributed by atoms with Crippen LogP contribution in [0.2, 0.25) is 0 Å². The Labute approximate surface area is 142 Å². The zero-order valence-electron chi connectivity index (χ0n) is 14.7. The first-order valence-electron chi connectivity index (χ1n) is 8.29. The summed E-state index contributed by atoms with van der Waals surface area (Å²) in [6.45, 7) is 7.76. The van der Waals surface area contributed by atoms with Crippen LogP contribution < -0.4 is 15.4 Å². The van der Waals surface area contributed by atoms with E-state index >= 15 is 0 Å². The standard InChI is InChI=1S/C17H26N4O3/c1-17(2,3)13-7-10-8-20(16(22)23)9-12(10)21(13)14-6-5-11(18)15(19-14)24-4/h5-6,10,12-13H,7-9,18H2,1-4H3,(H,22,23)/t10-,12+,13?/m1/s1. The van der Waals surface area contributed by atoms with Gasteiger partial charge in [-0.05, 0) is 24.0 Å². The van der Waals surface area contributed by atoms with Crippen LogP contribution in [-0.2, 0) is 0 Å². The average Bonchev–Trinajstić information content (AvgIpc) is 3.05. The number of aromatic nitrogens is 1. The molecule has 3 atom stereocenters. The summed E-state index contributed by atoms with van der Waals surface area (Å²) in [4.78, 5) is 19.7. The van der Waals surface area contributed by atoms with Crippen molar-refractivity contribution in [3.63, 3.8) is 0 Å². The van der Waals surface area contributed by atoms with Crippen LogP contribution in [0.3, 0.4) is 0 Å². The molecule has 0 spiro atoms. The van der Waals surface area contributed by atoms with Crippen molar-refractivity contribution in [1.29, 1.82) is 0 Å². The smallest absolute Gasteiger partial charge is 0.407 e. The molecule has 2 aliphatic heterocycles. The molecule has 24 heavy (non-hydrogen) atoms. The monoisotopic (exact) mass is 334 g/mol. The fraction of sp³-hybridized carbons (Fsp3) is 0.647. The second-order valence-electron chi connectivity index (χ2n) is 7.81. The van der Waals surface area contributed by atoms with Crippen molar-refractivity contribution in [2.24, 2.45) is 11.3 Å². The number of nitrogen functional groups attached to an aromatic ring is 1. The predicted octanol–water partition coefficient (Wildman–Crippen LogP) is 2.28. The SMILES string of the molecule is COc1nc(N2C(C(C)(C)C)C[C@@H]3CN(C(=O)O)C[C@@H]32)ccc1N. The second-order valence-corrected chi connectivity index (χ2v) is 7.81. The predicted molar refractivity (Wildman–Crippen MR) is 92.4 cm³/mol. The fourth-order valence-corrected chi connectivity index (χ4v) is 4.04. The summed E-state index contributed by atoms with van der Waals surface area (Å²) in [7, 11) is 1.55. The van der Waals surface area contributed by atoms with E-state index < -0.39 is 6.09 Å². The van der Waals surface area contributed by atoms with E-state index in [0.717, 1.165) is 12.2 Å². The Morgan fingerprint density at radius 1 is 1.38 bits per heavy atom. The van der Waals surface area contributed by atoms with Crippen molar-refractivity contribution >= 4 is 17.6 Å². The van der Waals surface area contributed by atoms with Crippen molar-refractivity contribution in [2.45, 2.75) is 39.3 Å². The minimum atomic E-state index is -0.848. The van der Waals surface area contributed by atoms with Gasteiger partial charge < -0.3 is 25.4 Å². The van der Waals surface area contributed by atoms with Crippen LogP contribution in [0, 0.1) is 11.3 Å². The number of hydrogen-bond acceptors (Lipinski definition) is 5. The van der Waals surface area contributed by atoms with E-state index in [0.29, 0.717) is 36.6 Å². The molecule has 3 heterocycles. The summed E-state index contributed by atoms with van der Waals surface area (Å²) in [6, 6.07) is 4.15. The number of likely N-dealkylation sites (tertiary alicyclic amines) is 1. The lowest BCUT2D eigenvalue weighted by Crippen LogP contribution is -2.46. The van der Waals surface area contributed by atoms with Gasteiger partial charge in [0.15, 0.2) is 0 Å². The minimum absolute atomic E-state index is 0.0642. The number of carbonyl (C=O) groups is 1. The van der Waals surface area contributed by atoms with Crippen molar-refractivity contribution in [3.8, 4) is 5.88 Å². The van der Waals surface area contributed by atoms with Crippen LogP contribution in [0.4, 0.5) is 16.3 Å². The molecule has 1 aromatic heterocycles. The molecule has 7 nitrogen and oxygen atoms in total. The van der Waals surface area contributed by atoms with Crippen LogP contribution in [0.15, 0.2) is 12.1 Å². The van der Waals surface area contributed by atoms with Gasteiger partial charge in [-0.2, -0.15) is 4.98 Å². The number of nitrogens with two attached hydrogens (primary N) is 1. The number of hydrogen-bond donors (Lipinski definition) is 2. The molecule has 2 fully saturated rings. The van der Waals surface area contributed by atoms with Gasteiger partial charge in [0.05, 0.1) is 18.8 Å². The number of carboxylic acid groups (broad SMARTS) is 1. The highest BCUT2D eigenvalue weighted by atomic mass is 16.5. The first kappa shape index (κ1) is 16.7. The van der Waals surface area contributed by atoms with E-state index in [9.17, 15) is 9.90 Å². The van der Waals surface area contributed by atoms with E-state index in [1.165, 1.54) is 4.90 Å². The number of nitrogens with zero attached hydrogens (tertiary/aromatic N) is 3. The molecular weight excluding hydrogens is 308 g/mol. The topological polar surface area (TPSA) is 91.9 Å². The Kier molecular flexibility index (Phi) is 3.97. The summed E-state index contributed by atoms with van der Waals surface area (Å²) in [6.07, 6.45) is 0.117. The van der Waals surface area contributed by atoms with Crippen molar-refractivity contribution < 1.29 is 14.6 Å². The molecule has 132 valence electrons. The maximum atomic E-state index is 11.4. The zero-order valence-corrected chi connectivity index (χ0v) is 14.7. The molecule has 3 N–H and O–H groups in total. The molecule has 3 rings (SSSR count). The van der Waals surface area contributed by atoms with Crippen molar-refractivity contribution in [1.82, 2.24) is 9.88 Å². The molecule has 0 radical (unpaired) electrons. The normalized spacial score (nSPS) is 26.6. The first-order chi connectivity index (χ1) is 11.2. The van der Waals surface area contributed by atoms with Gasteiger partial charge in [-0.25, -0.2) is 4.79 Å². The fourth-order valence-electron chi connectivity index (χ4n) is 4.04. The summed E-state index contributed by atoms with van der Waals surface area (Å²) in [5.41, 5.74) is 6.46. The van der Waals surface area contributed by atoms with Gasteiger partial charge in [0.2, 0.25) is 5.88 Å². The molecule has 0 bridgehead atoms. The van der Waals surface area contributed by atoms with Crippen molar-refractivity contribution in [3.05, 3.63) is 12.1 Å². The van der Waals surface area contributed by atoms with E-state index in [1.54, 1.807) is 13.2 Å². The Bertz CT molecular complexity index is 643. The number of pyridine rings is 1. The quantitative estimate of drug-likeness (QED) is 0.862. The Hall–Kier alpha value is -2.18. The third kappa shape index (κ3) is 2.72. The molecule has 7 heteroatoms. The molecule has 0 aromatic carbocycles. The van der Waals surface area contributed by atoms with Crippen LogP contribution in [-0.4, -0.2) is 53.4 Å². The van der Waals surface area contributed by atoms with Crippen LogP contribution in [0.5, 0.6) is 5.88 Å². The highest BCUT2D eigenvalue weighted by Crippen LogP contribution is 2.45. The van der Waals surface area contributed by atoms with Crippen LogP contribution in [0.25, 0.3) is 0 Å². The summed E-state index contributed by atoms with van der Waals surface area (Å²) in [5.74, 6) is 1.55. The largest absolute Gasteiger partial charge is 0.479 e. The third-order valence-electron chi connectivity index (χ3n) is 5.23. The van der Waals surface area contributed by atoms with E-state index in [2.05, 4.69) is 30.7 Å². The van der Waals surface area contributed by atoms with Crippen LogP contribution >= 0.6 is 0 Å². The molecular formula is C17H26N4O3. The number of rotatable bonds is 2. The molecule has 0 saturated carbocycles. The Morgan fingerprint density at radius 2 is 2.08 bits per heavy atom. The summed E-state index contributed by atoms with van der Waals surface area (Å²) < 4.78 is 5.27. The number of anilines is 2. The molecule has 1 aromatic rings. The number of fused-ring (bicyclic) bond motifs is 1. The lowest BCUT2D eigenvalue weighted by atomic mass is 9.83. The highest BCUT2D eigenvalue weighted by molar-refractivity contribution is 5.66. The Morgan fingerprint density at radius 3 is 2.67 bits per heavy atom. The molecule has 1 unspecified atom stereocenters. The maximum absolute atomic E-state index is 11.4. The number of ether oxygens (including phenoxy) is 1. The van der Waals surface area contributed by atoms with Gasteiger partial charge in [0.1, 0.15) is 5.82 Å². The van der Waals surface area contributed by atoms with Crippen LogP contribution in [0.1, 0.15) is 27.2 Å². The summed E-state index contributed by atoms with van der Waals surface area (Å²) in [5, 5.41) is 9.32. The Balaban J connectivity index is 1.98. The molecule has 2 aliphatic rings. The summed E-state index contributed by atoms with van der Waals surface area (Å²) >= 11 is 0. The number of amides is 1. The van der Waals surface area contributed by atoms with Crippen molar-refractivity contribution in [2.75, 3.05) is 30.8 Å². The minimum Gasteiger partial charge on any atom is -0.479 e. The van der Waals surface area contributed by atoms with Gasteiger partial charge in [0.25, 0.3) is 0 Å².